The number of aryl methyl sites for hydroxylation is 2. The minimum absolute atomic E-state index is 0.139. The molecule has 1 atom stereocenters. The number of nitrogens with one attached hydrogen (secondary N) is 1. The van der Waals surface area contributed by atoms with E-state index in [0.717, 1.165) is 40.1 Å². The molecular weight excluding hydrogens is 478 g/mol. The minimum atomic E-state index is -3.78. The minimum Gasteiger partial charge on any atom is -0.497 e. The lowest BCUT2D eigenvalue weighted by Gasteiger charge is -2.33. The van der Waals surface area contributed by atoms with Crippen molar-refractivity contribution < 1.29 is 22.7 Å². The second-order valence-corrected chi connectivity index (χ2v) is 10.9. The van der Waals surface area contributed by atoms with Crippen LogP contribution >= 0.6 is 0 Å². The average Bonchev–Trinajstić information content (AvgIpc) is 2.82. The number of methoxy groups -OCH3 is 1. The molecule has 8 nitrogen and oxygen atoms in total. The molecule has 2 aromatic rings. The van der Waals surface area contributed by atoms with E-state index in [0.29, 0.717) is 24.4 Å². The van der Waals surface area contributed by atoms with Gasteiger partial charge in [-0.05, 0) is 55.5 Å². The Balaban J connectivity index is 2.47. The van der Waals surface area contributed by atoms with Gasteiger partial charge in [0.2, 0.25) is 21.8 Å². The largest absolute Gasteiger partial charge is 0.497 e. The third-order valence-electron chi connectivity index (χ3n) is 6.07. The van der Waals surface area contributed by atoms with Gasteiger partial charge in [-0.15, -0.1) is 0 Å². The molecule has 0 unspecified atom stereocenters. The van der Waals surface area contributed by atoms with Gasteiger partial charge in [-0.3, -0.25) is 13.9 Å². The Kier molecular flexibility index (Phi) is 10.8. The van der Waals surface area contributed by atoms with E-state index in [2.05, 4.69) is 5.32 Å². The molecule has 0 bridgehead atoms. The van der Waals surface area contributed by atoms with E-state index in [9.17, 15) is 18.0 Å². The molecule has 2 aromatic carbocycles. The fourth-order valence-electron chi connectivity index (χ4n) is 4.17. The molecule has 2 rings (SSSR count). The van der Waals surface area contributed by atoms with Crippen LogP contribution in [0.2, 0.25) is 0 Å². The van der Waals surface area contributed by atoms with E-state index < -0.39 is 28.5 Å². The van der Waals surface area contributed by atoms with Crippen LogP contribution in [0, 0.1) is 13.8 Å². The predicted molar refractivity (Wildman–Crippen MR) is 144 cm³/mol. The molecule has 0 aromatic heterocycles. The van der Waals surface area contributed by atoms with Crippen LogP contribution in [0.3, 0.4) is 0 Å². The lowest BCUT2D eigenvalue weighted by molar-refractivity contribution is -0.140. The van der Waals surface area contributed by atoms with Crippen molar-refractivity contribution in [1.82, 2.24) is 10.2 Å². The number of nitrogens with zero attached hydrogens (tertiary/aromatic N) is 2. The van der Waals surface area contributed by atoms with Gasteiger partial charge >= 0.3 is 0 Å². The maximum Gasteiger partial charge on any atom is 0.244 e. The standard InChI is InChI=1S/C27H39N3O5S/c1-7-9-16-28-27(32)24(8-2)29(18-22-14-11-15-23(17-22)35-5)25(31)19-30(36(6,33)34)26-20(3)12-10-13-21(26)4/h10-15,17,24H,7-9,16,18-19H2,1-6H3,(H,28,32)/t24-/m1/s1. The zero-order valence-electron chi connectivity index (χ0n) is 22.2. The summed E-state index contributed by atoms with van der Waals surface area (Å²) in [6.07, 6.45) is 3.24. The van der Waals surface area contributed by atoms with E-state index in [1.54, 1.807) is 13.2 Å². The topological polar surface area (TPSA) is 96.0 Å². The number of unbranched alkanes of at least 4 members (excludes halogenated alkanes) is 1. The molecule has 0 aliphatic carbocycles. The van der Waals surface area contributed by atoms with Crippen LogP contribution in [0.25, 0.3) is 0 Å². The Labute approximate surface area is 215 Å². The Morgan fingerprint density at radius 1 is 1.06 bits per heavy atom. The van der Waals surface area contributed by atoms with Crippen LogP contribution in [0.1, 0.15) is 49.8 Å². The van der Waals surface area contributed by atoms with Crippen LogP contribution in [0.15, 0.2) is 42.5 Å². The first-order valence-corrected chi connectivity index (χ1v) is 14.1. The maximum absolute atomic E-state index is 13.8. The molecule has 2 amide bonds. The van der Waals surface area contributed by atoms with E-state index in [1.807, 2.05) is 64.1 Å². The second-order valence-electron chi connectivity index (χ2n) is 8.95. The second kappa shape index (κ2) is 13.3. The van der Waals surface area contributed by atoms with Gasteiger partial charge in [0.05, 0.1) is 19.1 Å². The van der Waals surface area contributed by atoms with Crippen LogP contribution < -0.4 is 14.4 Å². The van der Waals surface area contributed by atoms with E-state index in [4.69, 9.17) is 4.74 Å². The molecule has 198 valence electrons. The molecular formula is C27H39N3O5S. The summed E-state index contributed by atoms with van der Waals surface area (Å²) in [7, 11) is -2.22. The monoisotopic (exact) mass is 517 g/mol. The Hall–Kier alpha value is -3.07. The SMILES string of the molecule is CCCCNC(=O)[C@@H](CC)N(Cc1cccc(OC)c1)C(=O)CN(c1c(C)cccc1C)S(C)(=O)=O. The van der Waals surface area contributed by atoms with Gasteiger partial charge in [0, 0.05) is 13.1 Å². The van der Waals surface area contributed by atoms with Gasteiger partial charge in [0.15, 0.2) is 0 Å². The third kappa shape index (κ3) is 7.71. The maximum atomic E-state index is 13.8. The van der Waals surface area contributed by atoms with Crippen molar-refractivity contribution in [2.75, 3.05) is 30.8 Å². The molecule has 1 N–H and O–H groups in total. The van der Waals surface area contributed by atoms with E-state index in [-0.39, 0.29) is 12.5 Å². The van der Waals surface area contributed by atoms with Gasteiger partial charge in [0.1, 0.15) is 18.3 Å². The van der Waals surface area contributed by atoms with Gasteiger partial charge in [-0.1, -0.05) is 50.6 Å². The number of ether oxygens (including phenoxy) is 1. The Morgan fingerprint density at radius 2 is 1.69 bits per heavy atom. The van der Waals surface area contributed by atoms with Crippen molar-refractivity contribution >= 4 is 27.5 Å². The number of anilines is 1. The van der Waals surface area contributed by atoms with Gasteiger partial charge in [-0.2, -0.15) is 0 Å². The van der Waals surface area contributed by atoms with Gasteiger partial charge in [-0.25, -0.2) is 8.42 Å². The summed E-state index contributed by atoms with van der Waals surface area (Å²) in [5.41, 5.74) is 2.75. The molecule has 0 fully saturated rings. The number of benzene rings is 2. The summed E-state index contributed by atoms with van der Waals surface area (Å²) in [6, 6.07) is 12.0. The summed E-state index contributed by atoms with van der Waals surface area (Å²) in [5.74, 6) is -0.0720. The number of para-hydroxylation sites is 1. The van der Waals surface area contributed by atoms with Crippen molar-refractivity contribution in [3.05, 3.63) is 59.2 Å². The van der Waals surface area contributed by atoms with Crippen molar-refractivity contribution in [3.8, 4) is 5.75 Å². The summed E-state index contributed by atoms with van der Waals surface area (Å²) in [4.78, 5) is 28.4. The molecule has 0 radical (unpaired) electrons. The molecule has 0 spiro atoms. The number of sulfonamides is 1. The summed E-state index contributed by atoms with van der Waals surface area (Å²) < 4.78 is 32.1. The smallest absolute Gasteiger partial charge is 0.244 e. The number of carbonyl (C=O) groups is 2. The third-order valence-corrected chi connectivity index (χ3v) is 7.18. The lowest BCUT2D eigenvalue weighted by atomic mass is 10.1. The zero-order chi connectivity index (χ0) is 26.9. The highest BCUT2D eigenvalue weighted by Gasteiger charge is 2.32. The van der Waals surface area contributed by atoms with Crippen molar-refractivity contribution in [2.24, 2.45) is 0 Å². The van der Waals surface area contributed by atoms with E-state index in [1.165, 1.54) is 4.90 Å². The molecule has 9 heteroatoms. The zero-order valence-corrected chi connectivity index (χ0v) is 23.0. The molecule has 0 saturated heterocycles. The molecule has 0 aliphatic heterocycles. The number of carbonyl (C=O) groups excluding carboxylic acids is 2. The van der Waals surface area contributed by atoms with Crippen molar-refractivity contribution in [1.29, 1.82) is 0 Å². The van der Waals surface area contributed by atoms with Gasteiger partial charge < -0.3 is 15.0 Å². The first-order valence-electron chi connectivity index (χ1n) is 12.3. The number of hydrogen-bond donors (Lipinski definition) is 1. The highest BCUT2D eigenvalue weighted by Crippen LogP contribution is 2.27. The normalized spacial score (nSPS) is 12.1. The first-order chi connectivity index (χ1) is 17.0. The van der Waals surface area contributed by atoms with Crippen LogP contribution in [0.5, 0.6) is 5.75 Å². The fourth-order valence-corrected chi connectivity index (χ4v) is 5.13. The van der Waals surface area contributed by atoms with Crippen LogP contribution in [-0.2, 0) is 26.2 Å². The summed E-state index contributed by atoms with van der Waals surface area (Å²) >= 11 is 0. The Morgan fingerprint density at radius 3 is 2.25 bits per heavy atom. The molecule has 0 saturated carbocycles. The summed E-state index contributed by atoms with van der Waals surface area (Å²) in [6.45, 7) is 7.76. The number of rotatable bonds is 13. The van der Waals surface area contributed by atoms with Crippen LogP contribution in [0.4, 0.5) is 5.69 Å². The fraction of sp³-hybridized carbons (Fsp3) is 0.481. The Bertz CT molecular complexity index is 1130. The van der Waals surface area contributed by atoms with Crippen molar-refractivity contribution in [3.63, 3.8) is 0 Å². The quantitative estimate of drug-likeness (QED) is 0.408. The van der Waals surface area contributed by atoms with Crippen molar-refractivity contribution in [2.45, 2.75) is 59.5 Å². The molecule has 0 aliphatic rings. The highest BCUT2D eigenvalue weighted by molar-refractivity contribution is 7.92. The highest BCUT2D eigenvalue weighted by atomic mass is 32.2. The van der Waals surface area contributed by atoms with Gasteiger partial charge in [0.25, 0.3) is 0 Å². The van der Waals surface area contributed by atoms with E-state index >= 15 is 0 Å². The molecule has 36 heavy (non-hydrogen) atoms. The average molecular weight is 518 g/mol. The first kappa shape index (κ1) is 29.2. The lowest BCUT2D eigenvalue weighted by Crippen LogP contribution is -2.52. The molecule has 0 heterocycles. The summed E-state index contributed by atoms with van der Waals surface area (Å²) in [5, 5.41) is 2.92. The van der Waals surface area contributed by atoms with Crippen LogP contribution in [-0.4, -0.2) is 57.6 Å². The number of hydrogen-bond acceptors (Lipinski definition) is 5. The predicted octanol–water partition coefficient (Wildman–Crippen LogP) is 3.80. The number of amides is 2.